The molecule has 4 nitrogen and oxygen atoms in total. The minimum absolute atomic E-state index is 0.00337. The van der Waals surface area contributed by atoms with Gasteiger partial charge in [-0.25, -0.2) is 0 Å². The maximum Gasteiger partial charge on any atom is 0.223 e. The first-order valence-corrected chi connectivity index (χ1v) is 7.02. The number of hydrogen-bond acceptors (Lipinski definition) is 3. The molecule has 4 N–H and O–H groups in total. The van der Waals surface area contributed by atoms with Gasteiger partial charge in [-0.1, -0.05) is 27.7 Å². The van der Waals surface area contributed by atoms with E-state index < -0.39 is 6.10 Å². The van der Waals surface area contributed by atoms with Crippen molar-refractivity contribution in [3.05, 3.63) is 0 Å². The van der Waals surface area contributed by atoms with Gasteiger partial charge in [0.15, 0.2) is 0 Å². The third-order valence-corrected chi connectivity index (χ3v) is 4.80. The fourth-order valence-electron chi connectivity index (χ4n) is 2.81. The van der Waals surface area contributed by atoms with Gasteiger partial charge >= 0.3 is 0 Å². The Hall–Kier alpha value is -0.610. The van der Waals surface area contributed by atoms with Crippen LogP contribution in [0.4, 0.5) is 0 Å². The van der Waals surface area contributed by atoms with E-state index in [0.717, 1.165) is 12.8 Å². The fraction of sp³-hybridized carbons (Fsp3) is 0.929. The average Bonchev–Trinajstić information content (AvgIpc) is 2.32. The predicted octanol–water partition coefficient (Wildman–Crippen LogP) is 1.27. The molecule has 4 atom stereocenters. The first kappa shape index (κ1) is 15.4. The molecule has 0 aliphatic heterocycles. The summed E-state index contributed by atoms with van der Waals surface area (Å²) >= 11 is 0. The van der Waals surface area contributed by atoms with Crippen LogP contribution < -0.4 is 11.1 Å². The molecule has 0 saturated heterocycles. The van der Waals surface area contributed by atoms with Crippen molar-refractivity contribution < 1.29 is 9.90 Å². The highest BCUT2D eigenvalue weighted by Crippen LogP contribution is 2.44. The number of carbonyl (C=O) groups excluding carboxylic acids is 1. The van der Waals surface area contributed by atoms with E-state index >= 15 is 0 Å². The van der Waals surface area contributed by atoms with E-state index in [1.165, 1.54) is 0 Å². The average molecular weight is 256 g/mol. The highest BCUT2D eigenvalue weighted by Gasteiger charge is 2.44. The van der Waals surface area contributed by atoms with E-state index in [4.69, 9.17) is 5.73 Å². The van der Waals surface area contributed by atoms with Crippen LogP contribution in [0.5, 0.6) is 0 Å². The van der Waals surface area contributed by atoms with Gasteiger partial charge in [0.2, 0.25) is 5.91 Å². The quantitative estimate of drug-likeness (QED) is 0.709. The van der Waals surface area contributed by atoms with Crippen LogP contribution in [0.3, 0.4) is 0 Å². The molecule has 0 spiro atoms. The third kappa shape index (κ3) is 3.23. The molecule has 1 amide bonds. The number of carbonyl (C=O) groups is 1. The van der Waals surface area contributed by atoms with Crippen LogP contribution >= 0.6 is 0 Å². The van der Waals surface area contributed by atoms with Gasteiger partial charge in [0.1, 0.15) is 0 Å². The minimum Gasteiger partial charge on any atom is -0.391 e. The van der Waals surface area contributed by atoms with Crippen molar-refractivity contribution in [1.29, 1.82) is 0 Å². The van der Waals surface area contributed by atoms with Gasteiger partial charge in [-0.05, 0) is 30.6 Å². The van der Waals surface area contributed by atoms with Crippen LogP contribution in [-0.2, 0) is 4.79 Å². The molecular formula is C14H28N2O2. The second-order valence-corrected chi connectivity index (χ2v) is 6.21. The zero-order valence-corrected chi connectivity index (χ0v) is 12.1. The molecule has 0 radical (unpaired) electrons. The van der Waals surface area contributed by atoms with Crippen LogP contribution in [0.25, 0.3) is 0 Å². The van der Waals surface area contributed by atoms with E-state index in [-0.39, 0.29) is 23.3 Å². The minimum atomic E-state index is -0.444. The lowest BCUT2D eigenvalue weighted by atomic mass is 9.61. The van der Waals surface area contributed by atoms with Crippen molar-refractivity contribution in [3.8, 4) is 0 Å². The lowest BCUT2D eigenvalue weighted by molar-refractivity contribution is -0.132. The summed E-state index contributed by atoms with van der Waals surface area (Å²) in [6.07, 6.45) is 1.96. The zero-order valence-electron chi connectivity index (χ0n) is 12.1. The molecule has 106 valence electrons. The van der Waals surface area contributed by atoms with E-state index in [0.29, 0.717) is 18.9 Å². The Bertz CT molecular complexity index is 292. The van der Waals surface area contributed by atoms with Gasteiger partial charge in [-0.3, -0.25) is 4.79 Å². The molecule has 0 heterocycles. The van der Waals surface area contributed by atoms with Gasteiger partial charge in [-0.15, -0.1) is 0 Å². The van der Waals surface area contributed by atoms with Crippen molar-refractivity contribution in [2.75, 3.05) is 6.54 Å². The summed E-state index contributed by atoms with van der Waals surface area (Å²) in [4.78, 5) is 12.2. The molecule has 1 rings (SSSR count). The SMILES string of the molecule is CCC(O)CNC(=O)C1CCC(N)C(C)C1(C)C. The van der Waals surface area contributed by atoms with Crippen molar-refractivity contribution in [2.24, 2.45) is 23.0 Å². The molecule has 0 bridgehead atoms. The zero-order chi connectivity index (χ0) is 13.9. The number of nitrogens with two attached hydrogens (primary N) is 1. The number of amides is 1. The highest BCUT2D eigenvalue weighted by molar-refractivity contribution is 5.79. The summed E-state index contributed by atoms with van der Waals surface area (Å²) in [5.41, 5.74) is 6.00. The van der Waals surface area contributed by atoms with E-state index in [1.807, 2.05) is 6.92 Å². The number of aliphatic hydroxyl groups excluding tert-OH is 1. The first-order valence-electron chi connectivity index (χ1n) is 7.02. The van der Waals surface area contributed by atoms with Crippen LogP contribution in [-0.4, -0.2) is 29.7 Å². The molecule has 18 heavy (non-hydrogen) atoms. The number of aliphatic hydroxyl groups is 1. The topological polar surface area (TPSA) is 75.3 Å². The van der Waals surface area contributed by atoms with Crippen LogP contribution in [0, 0.1) is 17.3 Å². The summed E-state index contributed by atoms with van der Waals surface area (Å²) in [7, 11) is 0. The normalized spacial score (nSPS) is 32.9. The Labute approximate surface area is 110 Å². The number of hydrogen-bond donors (Lipinski definition) is 3. The van der Waals surface area contributed by atoms with Crippen molar-refractivity contribution in [1.82, 2.24) is 5.32 Å². The molecule has 0 aromatic heterocycles. The van der Waals surface area contributed by atoms with Crippen LogP contribution in [0.2, 0.25) is 0 Å². The van der Waals surface area contributed by atoms with Crippen LogP contribution in [0.15, 0.2) is 0 Å². The predicted molar refractivity (Wildman–Crippen MR) is 73.0 cm³/mol. The molecule has 4 heteroatoms. The Morgan fingerprint density at radius 2 is 2.11 bits per heavy atom. The molecule has 1 aliphatic carbocycles. The molecule has 1 saturated carbocycles. The number of nitrogens with one attached hydrogen (secondary N) is 1. The monoisotopic (exact) mass is 256 g/mol. The molecule has 1 aliphatic rings. The molecule has 4 unspecified atom stereocenters. The highest BCUT2D eigenvalue weighted by atomic mass is 16.3. The van der Waals surface area contributed by atoms with Crippen LogP contribution in [0.1, 0.15) is 47.0 Å². The standard InChI is InChI=1S/C14H28N2O2/c1-5-10(17)8-16-13(18)11-6-7-12(15)9(2)14(11,3)4/h9-12,17H,5-8,15H2,1-4H3,(H,16,18). The smallest absolute Gasteiger partial charge is 0.223 e. The fourth-order valence-corrected chi connectivity index (χ4v) is 2.81. The summed E-state index contributed by atoms with van der Waals surface area (Å²) in [5, 5.41) is 12.4. The second-order valence-electron chi connectivity index (χ2n) is 6.21. The van der Waals surface area contributed by atoms with E-state index in [2.05, 4.69) is 26.1 Å². The van der Waals surface area contributed by atoms with Gasteiger partial charge in [0, 0.05) is 18.5 Å². The largest absolute Gasteiger partial charge is 0.391 e. The van der Waals surface area contributed by atoms with Crippen molar-refractivity contribution >= 4 is 5.91 Å². The van der Waals surface area contributed by atoms with E-state index in [9.17, 15) is 9.90 Å². The Kier molecular flexibility index (Phi) is 5.17. The first-order chi connectivity index (χ1) is 8.30. The maximum absolute atomic E-state index is 12.2. The molecular weight excluding hydrogens is 228 g/mol. The van der Waals surface area contributed by atoms with Gasteiger partial charge in [-0.2, -0.15) is 0 Å². The van der Waals surface area contributed by atoms with Gasteiger partial charge in [0.05, 0.1) is 6.10 Å². The van der Waals surface area contributed by atoms with Gasteiger partial charge < -0.3 is 16.2 Å². The van der Waals surface area contributed by atoms with Crippen molar-refractivity contribution in [3.63, 3.8) is 0 Å². The maximum atomic E-state index is 12.2. The summed E-state index contributed by atoms with van der Waals surface area (Å²) in [5.74, 6) is 0.390. The third-order valence-electron chi connectivity index (χ3n) is 4.80. The Balaban J connectivity index is 2.62. The Morgan fingerprint density at radius 3 is 2.67 bits per heavy atom. The summed E-state index contributed by atoms with van der Waals surface area (Å²) in [6.45, 7) is 8.63. The lowest BCUT2D eigenvalue weighted by Crippen LogP contribution is -2.52. The van der Waals surface area contributed by atoms with E-state index in [1.54, 1.807) is 0 Å². The van der Waals surface area contributed by atoms with Gasteiger partial charge in [0.25, 0.3) is 0 Å². The summed E-state index contributed by atoms with van der Waals surface area (Å²) in [6, 6.07) is 0.185. The number of rotatable bonds is 4. The molecule has 0 aromatic rings. The molecule has 1 fully saturated rings. The Morgan fingerprint density at radius 1 is 1.50 bits per heavy atom. The van der Waals surface area contributed by atoms with Crippen molar-refractivity contribution in [2.45, 2.75) is 59.1 Å². The molecule has 0 aromatic carbocycles. The summed E-state index contributed by atoms with van der Waals surface area (Å²) < 4.78 is 0. The lowest BCUT2D eigenvalue weighted by Gasteiger charge is -2.46. The second kappa shape index (κ2) is 6.02.